The van der Waals surface area contributed by atoms with E-state index in [1.165, 1.54) is 0 Å². The van der Waals surface area contributed by atoms with Crippen LogP contribution in [0.1, 0.15) is 28.8 Å². The molecule has 2 aromatic carbocycles. The summed E-state index contributed by atoms with van der Waals surface area (Å²) < 4.78 is 0. The van der Waals surface area contributed by atoms with Crippen LogP contribution in [0.25, 0.3) is 0 Å². The normalized spacial score (nSPS) is 10.2. The number of hydrogen-bond donors (Lipinski definition) is 2. The Bertz CT molecular complexity index is 701. The lowest BCUT2D eigenvalue weighted by atomic mass is 10.1. The Morgan fingerprint density at radius 2 is 1.70 bits per heavy atom. The van der Waals surface area contributed by atoms with Crippen molar-refractivity contribution in [3.63, 3.8) is 0 Å². The van der Waals surface area contributed by atoms with Gasteiger partial charge in [-0.2, -0.15) is 0 Å². The van der Waals surface area contributed by atoms with E-state index in [-0.39, 0.29) is 11.8 Å². The van der Waals surface area contributed by atoms with Gasteiger partial charge in [-0.3, -0.25) is 9.59 Å². The van der Waals surface area contributed by atoms with Crippen LogP contribution in [0, 0.1) is 6.92 Å². The van der Waals surface area contributed by atoms with Crippen molar-refractivity contribution in [1.29, 1.82) is 0 Å². The number of carbonyl (C=O) groups excluding carboxylic acids is 2. The summed E-state index contributed by atoms with van der Waals surface area (Å²) in [5.41, 5.74) is 2.90. The Kier molecular flexibility index (Phi) is 6.18. The largest absolute Gasteiger partial charge is 0.326 e. The Morgan fingerprint density at radius 3 is 2.39 bits per heavy atom. The van der Waals surface area contributed by atoms with E-state index in [1.807, 2.05) is 31.2 Å². The smallest absolute Gasteiger partial charge is 0.255 e. The second-order valence-electron chi connectivity index (χ2n) is 5.25. The van der Waals surface area contributed by atoms with E-state index in [9.17, 15) is 9.59 Å². The summed E-state index contributed by atoms with van der Waals surface area (Å²) in [6, 6.07) is 14.4. The third-order valence-electron chi connectivity index (χ3n) is 3.22. The molecule has 0 radical (unpaired) electrons. The van der Waals surface area contributed by atoms with Crippen LogP contribution in [0.5, 0.6) is 0 Å². The number of aryl methyl sites for hydroxylation is 1. The number of amides is 2. The predicted molar refractivity (Wildman–Crippen MR) is 94.2 cm³/mol. The first-order chi connectivity index (χ1) is 11.1. The Morgan fingerprint density at radius 1 is 1.00 bits per heavy atom. The van der Waals surface area contributed by atoms with E-state index in [0.717, 1.165) is 11.3 Å². The summed E-state index contributed by atoms with van der Waals surface area (Å²) in [6.45, 7) is 1.96. The standard InChI is InChI=1S/C18H19ClN2O2/c1-13-5-2-7-15(11-13)21-18(23)14-6-3-8-16(12-14)20-17(22)9-4-10-19/h2-3,5-8,11-12H,4,9-10H2,1H3,(H,20,22)(H,21,23). The van der Waals surface area contributed by atoms with Crippen molar-refractivity contribution in [3.05, 3.63) is 59.7 Å². The van der Waals surface area contributed by atoms with Crippen LogP contribution < -0.4 is 10.6 Å². The highest BCUT2D eigenvalue weighted by molar-refractivity contribution is 6.18. The zero-order valence-corrected chi connectivity index (χ0v) is 13.7. The molecule has 0 saturated carbocycles. The van der Waals surface area contributed by atoms with Crippen LogP contribution >= 0.6 is 11.6 Å². The van der Waals surface area contributed by atoms with Crippen molar-refractivity contribution in [2.24, 2.45) is 0 Å². The predicted octanol–water partition coefficient (Wildman–Crippen LogP) is 4.20. The first-order valence-electron chi connectivity index (χ1n) is 7.42. The SMILES string of the molecule is Cc1cccc(NC(=O)c2cccc(NC(=O)CCCCl)c2)c1. The fourth-order valence-electron chi connectivity index (χ4n) is 2.12. The lowest BCUT2D eigenvalue weighted by Crippen LogP contribution is -2.14. The Hall–Kier alpha value is -2.33. The van der Waals surface area contributed by atoms with Crippen LogP contribution in [0.3, 0.4) is 0 Å². The van der Waals surface area contributed by atoms with Crippen molar-refractivity contribution in [3.8, 4) is 0 Å². The number of nitrogens with one attached hydrogen (secondary N) is 2. The molecular formula is C18H19ClN2O2. The van der Waals surface area contributed by atoms with Crippen molar-refractivity contribution in [2.45, 2.75) is 19.8 Å². The molecule has 0 heterocycles. The van der Waals surface area contributed by atoms with Crippen LogP contribution in [0.2, 0.25) is 0 Å². The first-order valence-corrected chi connectivity index (χ1v) is 7.96. The van der Waals surface area contributed by atoms with Gasteiger partial charge in [0.15, 0.2) is 0 Å². The first kappa shape index (κ1) is 17.0. The van der Waals surface area contributed by atoms with E-state index in [0.29, 0.717) is 30.0 Å². The zero-order chi connectivity index (χ0) is 16.7. The molecule has 23 heavy (non-hydrogen) atoms. The number of benzene rings is 2. The van der Waals surface area contributed by atoms with E-state index < -0.39 is 0 Å². The molecule has 2 rings (SSSR count). The molecule has 0 aliphatic carbocycles. The molecule has 2 N–H and O–H groups in total. The minimum atomic E-state index is -0.215. The molecule has 0 spiro atoms. The third-order valence-corrected chi connectivity index (χ3v) is 3.49. The Labute approximate surface area is 140 Å². The fourth-order valence-corrected chi connectivity index (χ4v) is 2.25. The van der Waals surface area contributed by atoms with Crippen molar-refractivity contribution in [1.82, 2.24) is 0 Å². The molecule has 0 bridgehead atoms. The number of carbonyl (C=O) groups is 2. The number of rotatable bonds is 6. The van der Waals surface area contributed by atoms with Gasteiger partial charge in [-0.05, 0) is 49.2 Å². The van der Waals surface area contributed by atoms with Gasteiger partial charge in [-0.25, -0.2) is 0 Å². The molecule has 4 nitrogen and oxygen atoms in total. The molecule has 0 fully saturated rings. The summed E-state index contributed by atoms with van der Waals surface area (Å²) >= 11 is 5.57. The fraction of sp³-hybridized carbons (Fsp3) is 0.222. The minimum absolute atomic E-state index is 0.109. The van der Waals surface area contributed by atoms with Crippen molar-refractivity contribution < 1.29 is 9.59 Å². The molecule has 0 unspecified atom stereocenters. The van der Waals surface area contributed by atoms with Gasteiger partial charge in [0, 0.05) is 29.2 Å². The van der Waals surface area contributed by atoms with Gasteiger partial charge in [0.1, 0.15) is 0 Å². The summed E-state index contributed by atoms with van der Waals surface area (Å²) in [6.07, 6.45) is 0.990. The number of halogens is 1. The van der Waals surface area contributed by atoms with Gasteiger partial charge >= 0.3 is 0 Å². The maximum absolute atomic E-state index is 12.3. The van der Waals surface area contributed by atoms with Gasteiger partial charge in [0.2, 0.25) is 5.91 Å². The quantitative estimate of drug-likeness (QED) is 0.780. The van der Waals surface area contributed by atoms with Gasteiger partial charge in [-0.1, -0.05) is 18.2 Å². The second kappa shape index (κ2) is 8.34. The van der Waals surface area contributed by atoms with Crippen molar-refractivity contribution >= 4 is 34.8 Å². The number of anilines is 2. The molecule has 0 aromatic heterocycles. The molecular weight excluding hydrogens is 312 g/mol. The highest BCUT2D eigenvalue weighted by Gasteiger charge is 2.08. The molecule has 0 aliphatic rings. The van der Waals surface area contributed by atoms with Crippen molar-refractivity contribution in [2.75, 3.05) is 16.5 Å². The molecule has 120 valence electrons. The summed E-state index contributed by atoms with van der Waals surface area (Å²) in [5, 5.41) is 5.61. The van der Waals surface area contributed by atoms with E-state index in [4.69, 9.17) is 11.6 Å². The molecule has 0 atom stereocenters. The van der Waals surface area contributed by atoms with E-state index >= 15 is 0 Å². The zero-order valence-electron chi connectivity index (χ0n) is 12.9. The van der Waals surface area contributed by atoms with E-state index in [2.05, 4.69) is 10.6 Å². The van der Waals surface area contributed by atoms with Gasteiger partial charge < -0.3 is 10.6 Å². The highest BCUT2D eigenvalue weighted by Crippen LogP contribution is 2.15. The molecule has 5 heteroatoms. The summed E-state index contributed by atoms with van der Waals surface area (Å²) in [7, 11) is 0. The average molecular weight is 331 g/mol. The summed E-state index contributed by atoms with van der Waals surface area (Å²) in [4.78, 5) is 24.0. The minimum Gasteiger partial charge on any atom is -0.326 e. The topological polar surface area (TPSA) is 58.2 Å². The average Bonchev–Trinajstić information content (AvgIpc) is 2.53. The molecule has 2 amide bonds. The maximum atomic E-state index is 12.3. The Balaban J connectivity index is 2.03. The maximum Gasteiger partial charge on any atom is 0.255 e. The number of hydrogen-bond acceptors (Lipinski definition) is 2. The summed E-state index contributed by atoms with van der Waals surface area (Å²) in [5.74, 6) is 0.126. The monoisotopic (exact) mass is 330 g/mol. The molecule has 0 saturated heterocycles. The van der Waals surface area contributed by atoms with Crippen LogP contribution in [-0.4, -0.2) is 17.7 Å². The number of alkyl halides is 1. The lowest BCUT2D eigenvalue weighted by Gasteiger charge is -2.09. The van der Waals surface area contributed by atoms with E-state index in [1.54, 1.807) is 24.3 Å². The van der Waals surface area contributed by atoms with Crippen LogP contribution in [-0.2, 0) is 4.79 Å². The molecule has 2 aromatic rings. The van der Waals surface area contributed by atoms with Gasteiger partial charge in [0.25, 0.3) is 5.91 Å². The van der Waals surface area contributed by atoms with Crippen LogP contribution in [0.15, 0.2) is 48.5 Å². The second-order valence-corrected chi connectivity index (χ2v) is 5.62. The highest BCUT2D eigenvalue weighted by atomic mass is 35.5. The van der Waals surface area contributed by atoms with Gasteiger partial charge in [-0.15, -0.1) is 11.6 Å². The molecule has 0 aliphatic heterocycles. The van der Waals surface area contributed by atoms with Gasteiger partial charge in [0.05, 0.1) is 0 Å². The lowest BCUT2D eigenvalue weighted by molar-refractivity contribution is -0.116. The van der Waals surface area contributed by atoms with Crippen LogP contribution in [0.4, 0.5) is 11.4 Å². The third kappa shape index (κ3) is 5.42.